The van der Waals surface area contributed by atoms with Crippen LogP contribution in [0.2, 0.25) is 0 Å². The van der Waals surface area contributed by atoms with Gasteiger partial charge in [0.1, 0.15) is 11.6 Å². The van der Waals surface area contributed by atoms with Crippen molar-refractivity contribution < 1.29 is 13.5 Å². The van der Waals surface area contributed by atoms with Crippen molar-refractivity contribution in [2.24, 2.45) is 0 Å². The van der Waals surface area contributed by atoms with E-state index in [9.17, 15) is 8.78 Å². The molecular weight excluding hydrogens is 248 g/mol. The zero-order valence-electron chi connectivity index (χ0n) is 11.1. The van der Waals surface area contributed by atoms with E-state index in [1.807, 2.05) is 6.92 Å². The van der Waals surface area contributed by atoms with Crippen molar-refractivity contribution in [2.75, 3.05) is 19.8 Å². The molecule has 1 aromatic carbocycles. The van der Waals surface area contributed by atoms with E-state index in [0.29, 0.717) is 38.2 Å². The summed E-state index contributed by atoms with van der Waals surface area (Å²) in [5.41, 5.74) is 1.00. The van der Waals surface area contributed by atoms with Gasteiger partial charge in [-0.3, -0.25) is 0 Å². The van der Waals surface area contributed by atoms with Crippen LogP contribution in [0.15, 0.2) is 30.4 Å². The van der Waals surface area contributed by atoms with Gasteiger partial charge in [-0.1, -0.05) is 18.2 Å². The summed E-state index contributed by atoms with van der Waals surface area (Å²) >= 11 is 0. The molecule has 2 rings (SSSR count). The van der Waals surface area contributed by atoms with Crippen molar-refractivity contribution >= 4 is 0 Å². The number of hydrogen-bond acceptors (Lipinski definition) is 2. The van der Waals surface area contributed by atoms with Gasteiger partial charge in [0.25, 0.3) is 0 Å². The third-order valence-corrected chi connectivity index (χ3v) is 3.52. The highest BCUT2D eigenvalue weighted by Gasteiger charge is 2.36. The van der Waals surface area contributed by atoms with Gasteiger partial charge in [-0.2, -0.15) is 0 Å². The minimum Gasteiger partial charge on any atom is -0.381 e. The van der Waals surface area contributed by atoms with Crippen LogP contribution in [0.4, 0.5) is 8.78 Å². The SMILES string of the molecule is C=C(C)CNC1(c2ccc(F)cc2F)CCOCC1. The first-order valence-corrected chi connectivity index (χ1v) is 6.46. The molecule has 1 N–H and O–H groups in total. The summed E-state index contributed by atoms with van der Waals surface area (Å²) in [4.78, 5) is 0. The minimum absolute atomic E-state index is 0.491. The number of benzene rings is 1. The lowest BCUT2D eigenvalue weighted by Crippen LogP contribution is -2.47. The summed E-state index contributed by atoms with van der Waals surface area (Å²) < 4.78 is 32.5. The molecule has 0 amide bonds. The second-order valence-corrected chi connectivity index (χ2v) is 5.13. The number of hydrogen-bond donors (Lipinski definition) is 1. The maximum atomic E-state index is 14.1. The summed E-state index contributed by atoms with van der Waals surface area (Å²) in [6.45, 7) is 7.52. The molecule has 4 heteroatoms. The maximum absolute atomic E-state index is 14.1. The van der Waals surface area contributed by atoms with Gasteiger partial charge in [0.15, 0.2) is 0 Å². The first-order valence-electron chi connectivity index (χ1n) is 6.46. The van der Waals surface area contributed by atoms with E-state index in [1.54, 1.807) is 0 Å². The van der Waals surface area contributed by atoms with Gasteiger partial charge in [-0.25, -0.2) is 8.78 Å². The normalized spacial score (nSPS) is 18.3. The molecule has 19 heavy (non-hydrogen) atoms. The third-order valence-electron chi connectivity index (χ3n) is 3.52. The first-order chi connectivity index (χ1) is 9.03. The van der Waals surface area contributed by atoms with E-state index >= 15 is 0 Å². The average Bonchev–Trinajstić information content (AvgIpc) is 2.37. The van der Waals surface area contributed by atoms with E-state index in [2.05, 4.69) is 11.9 Å². The molecule has 0 spiro atoms. The Morgan fingerprint density at radius 3 is 2.63 bits per heavy atom. The van der Waals surface area contributed by atoms with Gasteiger partial charge in [-0.05, 0) is 25.8 Å². The van der Waals surface area contributed by atoms with Gasteiger partial charge in [-0.15, -0.1) is 0 Å². The molecule has 1 fully saturated rings. The molecule has 1 heterocycles. The Morgan fingerprint density at radius 2 is 2.05 bits per heavy atom. The Morgan fingerprint density at radius 1 is 1.37 bits per heavy atom. The second kappa shape index (κ2) is 5.80. The number of nitrogens with one attached hydrogen (secondary N) is 1. The predicted molar refractivity (Wildman–Crippen MR) is 70.9 cm³/mol. The molecule has 0 unspecified atom stereocenters. The number of ether oxygens (including phenoxy) is 1. The highest BCUT2D eigenvalue weighted by atomic mass is 19.1. The van der Waals surface area contributed by atoms with Crippen LogP contribution in [-0.2, 0) is 10.3 Å². The smallest absolute Gasteiger partial charge is 0.131 e. The Bertz CT molecular complexity index is 467. The van der Waals surface area contributed by atoms with Gasteiger partial charge in [0.2, 0.25) is 0 Å². The predicted octanol–water partition coefficient (Wildman–Crippen LogP) is 3.14. The quantitative estimate of drug-likeness (QED) is 0.846. The fourth-order valence-corrected chi connectivity index (χ4v) is 2.46. The van der Waals surface area contributed by atoms with Crippen LogP contribution < -0.4 is 5.32 Å². The molecule has 1 aliphatic heterocycles. The fraction of sp³-hybridized carbons (Fsp3) is 0.467. The zero-order valence-corrected chi connectivity index (χ0v) is 11.1. The molecular formula is C15H19F2NO. The number of rotatable bonds is 4. The second-order valence-electron chi connectivity index (χ2n) is 5.13. The third kappa shape index (κ3) is 3.19. The van der Waals surface area contributed by atoms with Crippen LogP contribution in [0.5, 0.6) is 0 Å². The molecule has 0 atom stereocenters. The van der Waals surface area contributed by atoms with E-state index < -0.39 is 17.2 Å². The van der Waals surface area contributed by atoms with E-state index in [0.717, 1.165) is 11.6 Å². The molecule has 1 aromatic rings. The summed E-state index contributed by atoms with van der Waals surface area (Å²) in [7, 11) is 0. The molecule has 0 radical (unpaired) electrons. The molecule has 0 saturated carbocycles. The highest BCUT2D eigenvalue weighted by Crippen LogP contribution is 2.34. The summed E-state index contributed by atoms with van der Waals surface area (Å²) in [6, 6.07) is 3.77. The Hall–Kier alpha value is -1.26. The lowest BCUT2D eigenvalue weighted by atomic mass is 9.82. The van der Waals surface area contributed by atoms with E-state index in [-0.39, 0.29) is 0 Å². The van der Waals surface area contributed by atoms with Crippen LogP contribution in [0.25, 0.3) is 0 Å². The van der Waals surface area contributed by atoms with Crippen LogP contribution in [0.1, 0.15) is 25.3 Å². The highest BCUT2D eigenvalue weighted by molar-refractivity contribution is 5.28. The minimum atomic E-state index is -0.552. The van der Waals surface area contributed by atoms with E-state index in [4.69, 9.17) is 4.74 Å². The van der Waals surface area contributed by atoms with Crippen molar-refractivity contribution in [3.8, 4) is 0 Å². The Labute approximate surface area is 112 Å². The molecule has 0 aliphatic carbocycles. The number of halogens is 2. The van der Waals surface area contributed by atoms with Crippen LogP contribution in [-0.4, -0.2) is 19.8 Å². The largest absolute Gasteiger partial charge is 0.381 e. The standard InChI is InChI=1S/C15H19F2NO/c1-11(2)10-18-15(5-7-19-8-6-15)13-4-3-12(16)9-14(13)17/h3-4,9,18H,1,5-8,10H2,2H3. The van der Waals surface area contributed by atoms with Gasteiger partial charge in [0, 0.05) is 31.4 Å². The zero-order chi connectivity index (χ0) is 13.9. The molecule has 1 saturated heterocycles. The van der Waals surface area contributed by atoms with E-state index in [1.165, 1.54) is 12.1 Å². The van der Waals surface area contributed by atoms with Gasteiger partial charge >= 0.3 is 0 Å². The molecule has 0 bridgehead atoms. The summed E-state index contributed by atoms with van der Waals surface area (Å²) in [5.74, 6) is -1.06. The summed E-state index contributed by atoms with van der Waals surface area (Å²) in [6.07, 6.45) is 1.34. The molecule has 0 aromatic heterocycles. The maximum Gasteiger partial charge on any atom is 0.131 e. The lowest BCUT2D eigenvalue weighted by molar-refractivity contribution is 0.0364. The topological polar surface area (TPSA) is 21.3 Å². The fourth-order valence-electron chi connectivity index (χ4n) is 2.46. The van der Waals surface area contributed by atoms with Crippen molar-refractivity contribution in [1.29, 1.82) is 0 Å². The van der Waals surface area contributed by atoms with Crippen LogP contribution in [0, 0.1) is 11.6 Å². The Kier molecular flexibility index (Phi) is 4.32. The Balaban J connectivity index is 2.32. The summed E-state index contributed by atoms with van der Waals surface area (Å²) in [5, 5.41) is 3.37. The lowest BCUT2D eigenvalue weighted by Gasteiger charge is -2.39. The molecule has 104 valence electrons. The van der Waals surface area contributed by atoms with Crippen molar-refractivity contribution in [3.05, 3.63) is 47.5 Å². The molecule has 1 aliphatic rings. The van der Waals surface area contributed by atoms with Gasteiger partial charge < -0.3 is 10.1 Å². The van der Waals surface area contributed by atoms with Crippen LogP contribution >= 0.6 is 0 Å². The average molecular weight is 267 g/mol. The monoisotopic (exact) mass is 267 g/mol. The van der Waals surface area contributed by atoms with Gasteiger partial charge in [0.05, 0.1) is 5.54 Å². The first kappa shape index (κ1) is 14.2. The van der Waals surface area contributed by atoms with Crippen molar-refractivity contribution in [3.63, 3.8) is 0 Å². The molecule has 2 nitrogen and oxygen atoms in total. The van der Waals surface area contributed by atoms with Crippen molar-refractivity contribution in [2.45, 2.75) is 25.3 Å². The van der Waals surface area contributed by atoms with Crippen LogP contribution in [0.3, 0.4) is 0 Å². The van der Waals surface area contributed by atoms with Crippen molar-refractivity contribution in [1.82, 2.24) is 5.32 Å².